The van der Waals surface area contributed by atoms with Crippen LogP contribution < -0.4 is 9.47 Å². The summed E-state index contributed by atoms with van der Waals surface area (Å²) in [7, 11) is 0. The number of hydrogen-bond donors (Lipinski definition) is 0. The molecule has 0 N–H and O–H groups in total. The van der Waals surface area contributed by atoms with E-state index in [1.807, 2.05) is 38.1 Å². The summed E-state index contributed by atoms with van der Waals surface area (Å²) in [4.78, 5) is 16.5. The van der Waals surface area contributed by atoms with Crippen molar-refractivity contribution < 1.29 is 19.0 Å². The van der Waals surface area contributed by atoms with Gasteiger partial charge in [0.2, 0.25) is 5.90 Å². The number of hydrogen-bond acceptors (Lipinski definition) is 5. The van der Waals surface area contributed by atoms with E-state index in [4.69, 9.17) is 25.8 Å². The molecule has 1 heterocycles. The molecular weight excluding hydrogens is 366 g/mol. The lowest BCUT2D eigenvalue weighted by atomic mass is 10.1. The summed E-state index contributed by atoms with van der Waals surface area (Å²) in [6.07, 6.45) is 2.56. The lowest BCUT2D eigenvalue weighted by Crippen LogP contribution is -2.05. The molecular formula is C21H20ClNO4. The highest BCUT2D eigenvalue weighted by atomic mass is 35.5. The zero-order valence-corrected chi connectivity index (χ0v) is 16.0. The van der Waals surface area contributed by atoms with Crippen molar-refractivity contribution >= 4 is 29.5 Å². The summed E-state index contributed by atoms with van der Waals surface area (Å²) in [6.45, 7) is 5.07. The largest absolute Gasteiger partial charge is 0.490 e. The molecule has 0 saturated heterocycles. The Hall–Kier alpha value is -2.79. The Balaban J connectivity index is 1.90. The van der Waals surface area contributed by atoms with Crippen molar-refractivity contribution in [1.82, 2.24) is 0 Å². The minimum absolute atomic E-state index is 0.199. The van der Waals surface area contributed by atoms with Crippen molar-refractivity contribution in [2.24, 2.45) is 4.99 Å². The number of carbonyl (C=O) groups excluding carboxylic acids is 1. The molecule has 0 aliphatic carbocycles. The van der Waals surface area contributed by atoms with Crippen LogP contribution in [-0.4, -0.2) is 25.1 Å². The van der Waals surface area contributed by atoms with Crippen LogP contribution in [0.3, 0.4) is 0 Å². The number of aliphatic imine (C=N–C) groups is 1. The number of benzene rings is 2. The maximum Gasteiger partial charge on any atom is 0.363 e. The first-order valence-electron chi connectivity index (χ1n) is 8.79. The second-order valence-corrected chi connectivity index (χ2v) is 6.21. The van der Waals surface area contributed by atoms with Crippen LogP contribution in [0.15, 0.2) is 53.2 Å². The van der Waals surface area contributed by atoms with Crippen LogP contribution in [0.5, 0.6) is 11.5 Å². The fourth-order valence-corrected chi connectivity index (χ4v) is 2.75. The van der Waals surface area contributed by atoms with Gasteiger partial charge in [-0.15, -0.1) is 0 Å². The van der Waals surface area contributed by atoms with Crippen LogP contribution in [0, 0.1) is 0 Å². The maximum atomic E-state index is 12.2. The number of ether oxygens (including phenoxy) is 3. The normalized spacial score (nSPS) is 14.9. The van der Waals surface area contributed by atoms with E-state index in [9.17, 15) is 4.79 Å². The monoisotopic (exact) mass is 385 g/mol. The predicted molar refractivity (Wildman–Crippen MR) is 105 cm³/mol. The number of halogens is 1. The van der Waals surface area contributed by atoms with Gasteiger partial charge < -0.3 is 14.2 Å². The second-order valence-electron chi connectivity index (χ2n) is 5.80. The first kappa shape index (κ1) is 19.0. The van der Waals surface area contributed by atoms with Crippen LogP contribution in [0.1, 0.15) is 31.4 Å². The third kappa shape index (κ3) is 4.49. The zero-order chi connectivity index (χ0) is 19.2. The molecule has 5 nitrogen and oxygen atoms in total. The van der Waals surface area contributed by atoms with E-state index in [2.05, 4.69) is 4.99 Å². The molecule has 0 atom stereocenters. The minimum atomic E-state index is -0.519. The first-order chi connectivity index (χ1) is 13.1. The average Bonchev–Trinajstić information content (AvgIpc) is 3.02. The molecule has 6 heteroatoms. The summed E-state index contributed by atoms with van der Waals surface area (Å²) in [5.74, 6) is 0.982. The molecule has 1 aliphatic rings. The smallest absolute Gasteiger partial charge is 0.363 e. The van der Waals surface area contributed by atoms with Crippen LogP contribution in [-0.2, 0) is 9.53 Å². The van der Waals surface area contributed by atoms with E-state index in [1.54, 1.807) is 24.3 Å². The van der Waals surface area contributed by atoms with E-state index in [0.717, 1.165) is 12.0 Å². The van der Waals surface area contributed by atoms with E-state index < -0.39 is 5.97 Å². The summed E-state index contributed by atoms with van der Waals surface area (Å²) in [6, 6.07) is 12.6. The molecule has 2 aromatic carbocycles. The zero-order valence-electron chi connectivity index (χ0n) is 15.2. The Labute approximate surface area is 163 Å². The molecule has 0 fully saturated rings. The van der Waals surface area contributed by atoms with Gasteiger partial charge in [-0.1, -0.05) is 36.7 Å². The van der Waals surface area contributed by atoms with Crippen molar-refractivity contribution in [2.45, 2.75) is 20.3 Å². The lowest BCUT2D eigenvalue weighted by molar-refractivity contribution is -0.129. The van der Waals surface area contributed by atoms with Gasteiger partial charge in [0.25, 0.3) is 0 Å². The molecule has 0 bridgehead atoms. The summed E-state index contributed by atoms with van der Waals surface area (Å²) < 4.78 is 16.6. The van der Waals surface area contributed by atoms with Gasteiger partial charge in [-0.3, -0.25) is 0 Å². The Bertz CT molecular complexity index is 905. The highest BCUT2D eigenvalue weighted by Gasteiger charge is 2.25. The van der Waals surface area contributed by atoms with Crippen LogP contribution in [0.2, 0.25) is 5.02 Å². The molecule has 0 radical (unpaired) electrons. The van der Waals surface area contributed by atoms with Gasteiger partial charge >= 0.3 is 5.97 Å². The Morgan fingerprint density at radius 2 is 1.93 bits per heavy atom. The maximum absolute atomic E-state index is 12.2. The van der Waals surface area contributed by atoms with Gasteiger partial charge in [0.05, 0.1) is 23.8 Å². The number of esters is 1. The fraction of sp³-hybridized carbons (Fsp3) is 0.238. The lowest BCUT2D eigenvalue weighted by Gasteiger charge is -2.12. The number of nitrogens with zero attached hydrogens (tertiary/aromatic N) is 1. The molecule has 27 heavy (non-hydrogen) atoms. The number of cyclic esters (lactones) is 1. The van der Waals surface area contributed by atoms with Crippen molar-refractivity contribution in [3.05, 3.63) is 64.3 Å². The van der Waals surface area contributed by atoms with Crippen molar-refractivity contribution in [3.8, 4) is 11.5 Å². The summed E-state index contributed by atoms with van der Waals surface area (Å²) >= 11 is 6.15. The third-order valence-corrected chi connectivity index (χ3v) is 4.09. The molecule has 3 rings (SSSR count). The molecule has 0 saturated carbocycles. The average molecular weight is 386 g/mol. The van der Waals surface area contributed by atoms with Gasteiger partial charge in [0.15, 0.2) is 17.2 Å². The molecule has 1 aliphatic heterocycles. The quantitative estimate of drug-likeness (QED) is 0.504. The molecule has 2 aromatic rings. The standard InChI is InChI=1S/C21H20ClNO4/c1-3-11-26-18-10-9-14(13-19(18)25-4-2)12-17-21(24)27-20(23-17)15-7-5-6-8-16(15)22/h5-10,12-13H,3-4,11H2,1-2H3/b17-12+. The molecule has 0 amide bonds. The molecule has 140 valence electrons. The van der Waals surface area contributed by atoms with Crippen molar-refractivity contribution in [1.29, 1.82) is 0 Å². The highest BCUT2D eigenvalue weighted by Crippen LogP contribution is 2.30. The van der Waals surface area contributed by atoms with Crippen LogP contribution in [0.25, 0.3) is 6.08 Å². The predicted octanol–water partition coefficient (Wildman–Crippen LogP) is 4.87. The number of carbonyl (C=O) groups is 1. The third-order valence-electron chi connectivity index (χ3n) is 3.76. The minimum Gasteiger partial charge on any atom is -0.490 e. The summed E-state index contributed by atoms with van der Waals surface area (Å²) in [5, 5.41) is 0.473. The van der Waals surface area contributed by atoms with Crippen LogP contribution >= 0.6 is 11.6 Å². The van der Waals surface area contributed by atoms with Crippen molar-refractivity contribution in [3.63, 3.8) is 0 Å². The number of rotatable bonds is 7. The van der Waals surface area contributed by atoms with Gasteiger partial charge in [0, 0.05) is 0 Å². The Morgan fingerprint density at radius 3 is 2.67 bits per heavy atom. The van der Waals surface area contributed by atoms with E-state index in [1.165, 1.54) is 0 Å². The molecule has 0 aromatic heterocycles. The van der Waals surface area contributed by atoms with Gasteiger partial charge in [-0.05, 0) is 49.2 Å². The molecule has 0 spiro atoms. The Kier molecular flexibility index (Phi) is 6.14. The second kappa shape index (κ2) is 8.73. The van der Waals surface area contributed by atoms with Crippen molar-refractivity contribution in [2.75, 3.05) is 13.2 Å². The summed E-state index contributed by atoms with van der Waals surface area (Å²) in [5.41, 5.74) is 1.54. The highest BCUT2D eigenvalue weighted by molar-refractivity contribution is 6.34. The van der Waals surface area contributed by atoms with E-state index >= 15 is 0 Å². The van der Waals surface area contributed by atoms with E-state index in [0.29, 0.717) is 35.3 Å². The Morgan fingerprint density at radius 1 is 1.11 bits per heavy atom. The fourth-order valence-electron chi connectivity index (χ4n) is 2.53. The topological polar surface area (TPSA) is 57.1 Å². The molecule has 0 unspecified atom stereocenters. The van der Waals surface area contributed by atoms with Gasteiger partial charge in [0.1, 0.15) is 0 Å². The van der Waals surface area contributed by atoms with Gasteiger partial charge in [-0.2, -0.15) is 0 Å². The van der Waals surface area contributed by atoms with Gasteiger partial charge in [-0.25, -0.2) is 9.79 Å². The van der Waals surface area contributed by atoms with E-state index in [-0.39, 0.29) is 11.6 Å². The first-order valence-corrected chi connectivity index (χ1v) is 9.17. The van der Waals surface area contributed by atoms with Crippen LogP contribution in [0.4, 0.5) is 0 Å². The SMILES string of the molecule is CCCOc1ccc(/C=C2/N=C(c3ccccc3Cl)OC2=O)cc1OCC.